The Hall–Kier alpha value is -2.85. The van der Waals surface area contributed by atoms with Crippen molar-refractivity contribution in [1.29, 1.82) is 0 Å². The average molecular weight is 564 g/mol. The zero-order valence-electron chi connectivity index (χ0n) is 25.3. The van der Waals surface area contributed by atoms with Crippen molar-refractivity contribution < 1.29 is 28.4 Å². The largest absolute Gasteiger partial charge is 0.486 e. The van der Waals surface area contributed by atoms with Crippen molar-refractivity contribution >= 4 is 19.0 Å². The fourth-order valence-corrected chi connectivity index (χ4v) is 7.43. The summed E-state index contributed by atoms with van der Waals surface area (Å²) in [4.78, 5) is 34.4. The van der Waals surface area contributed by atoms with E-state index in [4.69, 9.17) is 18.8 Å². The Morgan fingerprint density at radius 3 is 2.61 bits per heavy atom. The highest BCUT2D eigenvalue weighted by molar-refractivity contribution is 6.45. The molecule has 5 fully saturated rings. The van der Waals surface area contributed by atoms with Crippen LogP contribution in [0.4, 0.5) is 0 Å². The van der Waals surface area contributed by atoms with Crippen LogP contribution in [0.2, 0.25) is 6.32 Å². The van der Waals surface area contributed by atoms with Gasteiger partial charge in [-0.05, 0) is 94.6 Å². The standard InChI is InChI=1S/C31H42BN3O6/c1-18-19(10-11-32-40-25-13-20-12-24(30(20,5)6)31(25,7)41-32)8-9-23(26(18)28(37)39-29(2,3)4)38-21-15-35(16-21)27(36)22-14-33-17-34-22/h8-9,14,17,20-21,24-25H,10-13,15-16H2,1-7H3,(H,33,34)/t20-,24-,25+,31-/m0/s1. The van der Waals surface area contributed by atoms with E-state index >= 15 is 0 Å². The molecule has 9 nitrogen and oxygen atoms in total. The number of carbonyl (C=O) groups excluding carboxylic acids is 2. The number of carbonyl (C=O) groups is 2. The van der Waals surface area contributed by atoms with E-state index in [2.05, 4.69) is 30.7 Å². The van der Waals surface area contributed by atoms with Gasteiger partial charge in [0.1, 0.15) is 28.7 Å². The van der Waals surface area contributed by atoms with Gasteiger partial charge < -0.3 is 28.7 Å². The van der Waals surface area contributed by atoms with E-state index in [1.165, 1.54) is 18.9 Å². The summed E-state index contributed by atoms with van der Waals surface area (Å²) in [5, 5.41) is 0. The molecule has 7 rings (SSSR count). The third kappa shape index (κ3) is 4.97. The highest BCUT2D eigenvalue weighted by Gasteiger charge is 2.67. The Morgan fingerprint density at radius 2 is 1.95 bits per heavy atom. The molecular weight excluding hydrogens is 521 g/mol. The quantitative estimate of drug-likeness (QED) is 0.380. The van der Waals surface area contributed by atoms with Gasteiger partial charge >= 0.3 is 13.1 Å². The van der Waals surface area contributed by atoms with Crippen LogP contribution in [-0.4, -0.2) is 70.4 Å². The summed E-state index contributed by atoms with van der Waals surface area (Å²) in [6.07, 6.45) is 6.66. The average Bonchev–Trinajstić information content (AvgIpc) is 3.51. The number of likely N-dealkylation sites (tertiary alicyclic amines) is 1. The van der Waals surface area contributed by atoms with Crippen molar-refractivity contribution in [2.75, 3.05) is 13.1 Å². The van der Waals surface area contributed by atoms with E-state index in [1.807, 2.05) is 39.8 Å². The molecule has 220 valence electrons. The Labute approximate surface area is 242 Å². The topological polar surface area (TPSA) is 103 Å². The van der Waals surface area contributed by atoms with Crippen molar-refractivity contribution in [3.05, 3.63) is 47.0 Å². The lowest BCUT2D eigenvalue weighted by molar-refractivity contribution is -0.199. The SMILES string of the molecule is Cc1c(CCB2O[C@@H]3C[C@@H]4C[C@@H](C4(C)C)[C@]3(C)O2)ccc(OC2CN(C(=O)c3cnc[nH]3)C2)c1C(=O)OC(C)(C)C. The van der Waals surface area contributed by atoms with Gasteiger partial charge in [-0.15, -0.1) is 0 Å². The number of imidazole rings is 1. The van der Waals surface area contributed by atoms with Crippen LogP contribution in [0.5, 0.6) is 5.75 Å². The van der Waals surface area contributed by atoms with Crippen LogP contribution in [0.15, 0.2) is 24.7 Å². The van der Waals surface area contributed by atoms with Crippen LogP contribution in [0.3, 0.4) is 0 Å². The lowest BCUT2D eigenvalue weighted by atomic mass is 9.43. The van der Waals surface area contributed by atoms with Gasteiger partial charge in [-0.2, -0.15) is 0 Å². The lowest BCUT2D eigenvalue weighted by Crippen LogP contribution is -2.65. The first-order chi connectivity index (χ1) is 19.3. The summed E-state index contributed by atoms with van der Waals surface area (Å²) in [7, 11) is -0.256. The predicted octanol–water partition coefficient (Wildman–Crippen LogP) is 4.85. The summed E-state index contributed by atoms with van der Waals surface area (Å²) >= 11 is 0. The van der Waals surface area contributed by atoms with Crippen LogP contribution in [0.1, 0.15) is 86.4 Å². The number of hydrogen-bond donors (Lipinski definition) is 1. The molecule has 2 saturated heterocycles. The van der Waals surface area contributed by atoms with E-state index in [0.717, 1.165) is 17.5 Å². The summed E-state index contributed by atoms with van der Waals surface area (Å²) in [6.45, 7) is 15.4. The van der Waals surface area contributed by atoms with Crippen molar-refractivity contribution in [2.45, 2.75) is 97.5 Å². The smallest absolute Gasteiger partial charge is 0.457 e. The number of aromatic amines is 1. The first-order valence-electron chi connectivity index (χ1n) is 14.9. The molecule has 10 heteroatoms. The van der Waals surface area contributed by atoms with Crippen LogP contribution in [0, 0.1) is 24.2 Å². The molecule has 0 unspecified atom stereocenters. The van der Waals surface area contributed by atoms with Crippen molar-refractivity contribution in [3.8, 4) is 5.75 Å². The minimum Gasteiger partial charge on any atom is -0.486 e. The van der Waals surface area contributed by atoms with E-state index in [0.29, 0.717) is 60.1 Å². The first-order valence-corrected chi connectivity index (χ1v) is 14.9. The molecule has 2 aliphatic heterocycles. The zero-order chi connectivity index (χ0) is 29.3. The Kier molecular flexibility index (Phi) is 6.81. The van der Waals surface area contributed by atoms with Crippen molar-refractivity contribution in [1.82, 2.24) is 14.9 Å². The van der Waals surface area contributed by atoms with Gasteiger partial charge in [-0.1, -0.05) is 19.9 Å². The minimum atomic E-state index is -0.647. The highest BCUT2D eigenvalue weighted by atomic mass is 16.7. The summed E-state index contributed by atoms with van der Waals surface area (Å²) < 4.78 is 25.1. The van der Waals surface area contributed by atoms with Crippen LogP contribution < -0.4 is 4.74 Å². The molecule has 5 aliphatic rings. The molecule has 0 spiro atoms. The maximum atomic E-state index is 13.4. The Bertz CT molecular complexity index is 1330. The maximum absolute atomic E-state index is 13.4. The number of aryl methyl sites for hydroxylation is 1. The second kappa shape index (κ2) is 9.87. The molecule has 1 aromatic carbocycles. The fraction of sp³-hybridized carbons (Fsp3) is 0.645. The molecule has 2 aromatic rings. The highest BCUT2D eigenvalue weighted by Crippen LogP contribution is 2.65. The molecule has 1 amide bonds. The second-order valence-electron chi connectivity index (χ2n) is 14.1. The number of esters is 1. The monoisotopic (exact) mass is 563 g/mol. The third-order valence-electron chi connectivity index (χ3n) is 9.95. The van der Waals surface area contributed by atoms with Gasteiger partial charge in [0.15, 0.2) is 0 Å². The van der Waals surface area contributed by atoms with Crippen LogP contribution >= 0.6 is 0 Å². The van der Waals surface area contributed by atoms with Gasteiger partial charge in [-0.25, -0.2) is 9.78 Å². The van der Waals surface area contributed by atoms with E-state index in [1.54, 1.807) is 4.90 Å². The third-order valence-corrected chi connectivity index (χ3v) is 9.95. The molecule has 1 aromatic heterocycles. The molecule has 4 atom stereocenters. The minimum absolute atomic E-state index is 0.118. The molecule has 2 bridgehead atoms. The molecule has 3 saturated carbocycles. The van der Waals surface area contributed by atoms with Gasteiger partial charge in [0.25, 0.3) is 5.91 Å². The first kappa shape index (κ1) is 28.3. The predicted molar refractivity (Wildman–Crippen MR) is 154 cm³/mol. The zero-order valence-corrected chi connectivity index (χ0v) is 25.3. The van der Waals surface area contributed by atoms with E-state index in [9.17, 15) is 9.59 Å². The number of aromatic nitrogens is 2. The van der Waals surface area contributed by atoms with Crippen molar-refractivity contribution in [3.63, 3.8) is 0 Å². The molecular formula is C31H42BN3O6. The molecule has 1 N–H and O–H groups in total. The Balaban J connectivity index is 1.15. The van der Waals surface area contributed by atoms with Gasteiger partial charge in [-0.3, -0.25) is 4.79 Å². The molecule has 3 aliphatic carbocycles. The Morgan fingerprint density at radius 1 is 1.20 bits per heavy atom. The van der Waals surface area contributed by atoms with Gasteiger partial charge in [0.05, 0.1) is 37.3 Å². The number of amides is 1. The van der Waals surface area contributed by atoms with Gasteiger partial charge in [0.2, 0.25) is 0 Å². The maximum Gasteiger partial charge on any atom is 0.457 e. The lowest BCUT2D eigenvalue weighted by Gasteiger charge is -2.64. The fourth-order valence-electron chi connectivity index (χ4n) is 7.43. The number of ether oxygens (including phenoxy) is 2. The number of nitrogens with one attached hydrogen (secondary N) is 1. The summed E-state index contributed by atoms with van der Waals surface area (Å²) in [6, 6.07) is 3.88. The molecule has 3 heterocycles. The van der Waals surface area contributed by atoms with Crippen LogP contribution in [0.25, 0.3) is 0 Å². The number of rotatable bonds is 7. The molecule has 41 heavy (non-hydrogen) atoms. The second-order valence-corrected chi connectivity index (χ2v) is 14.1. The number of benzene rings is 1. The van der Waals surface area contributed by atoms with Crippen molar-refractivity contribution in [2.24, 2.45) is 17.3 Å². The summed E-state index contributed by atoms with van der Waals surface area (Å²) in [5.74, 6) is 1.19. The molecule has 0 radical (unpaired) electrons. The van der Waals surface area contributed by atoms with E-state index < -0.39 is 11.6 Å². The summed E-state index contributed by atoms with van der Waals surface area (Å²) in [5.41, 5.74) is 2.20. The number of H-pyrrole nitrogens is 1. The van der Waals surface area contributed by atoms with Gasteiger partial charge in [0, 0.05) is 0 Å². The normalized spacial score (nSPS) is 28.5. The van der Waals surface area contributed by atoms with E-state index in [-0.39, 0.29) is 30.8 Å². The van der Waals surface area contributed by atoms with Crippen LogP contribution in [-0.2, 0) is 20.5 Å². The number of hydrogen-bond acceptors (Lipinski definition) is 7. The number of nitrogens with zero attached hydrogens (tertiary/aromatic N) is 2.